The van der Waals surface area contributed by atoms with E-state index in [1.165, 1.54) is 10.9 Å². The third-order valence-corrected chi connectivity index (χ3v) is 3.80. The van der Waals surface area contributed by atoms with Gasteiger partial charge in [0.1, 0.15) is 24.0 Å². The third kappa shape index (κ3) is 2.13. The Labute approximate surface area is 123 Å². The lowest BCUT2D eigenvalue weighted by Gasteiger charge is -2.26. The number of ether oxygens (including phenoxy) is 1. The number of nitrogens with two attached hydrogens (primary N) is 1. The molecular formula is C11H13ClFN5O3. The summed E-state index contributed by atoms with van der Waals surface area (Å²) in [6.07, 6.45) is -0.407. The van der Waals surface area contributed by atoms with Gasteiger partial charge >= 0.3 is 0 Å². The molecule has 3 rings (SSSR count). The zero-order chi connectivity index (χ0) is 15.2. The topological polar surface area (TPSA) is 119 Å². The number of hydrogen-bond donors (Lipinski definition) is 3. The summed E-state index contributed by atoms with van der Waals surface area (Å²) in [4.78, 5) is 11.9. The van der Waals surface area contributed by atoms with Crippen molar-refractivity contribution in [3.8, 4) is 0 Å². The van der Waals surface area contributed by atoms with Crippen LogP contribution in [0.2, 0.25) is 5.28 Å². The number of imidazole rings is 1. The average Bonchev–Trinajstić information content (AvgIpc) is 3.00. The van der Waals surface area contributed by atoms with Gasteiger partial charge < -0.3 is 20.7 Å². The van der Waals surface area contributed by atoms with Crippen LogP contribution >= 0.6 is 11.6 Å². The number of nitrogen functional groups attached to an aromatic ring is 1. The average molecular weight is 318 g/mol. The van der Waals surface area contributed by atoms with Crippen LogP contribution in [0.4, 0.5) is 10.2 Å². The fourth-order valence-corrected chi connectivity index (χ4v) is 2.57. The highest BCUT2D eigenvalue weighted by Crippen LogP contribution is 2.38. The second-order valence-corrected chi connectivity index (χ2v) is 5.22. The second kappa shape index (κ2) is 5.02. The molecule has 1 aliphatic rings. The Balaban J connectivity index is 2.03. The molecule has 0 amide bonds. The molecule has 0 aliphatic carbocycles. The molecule has 114 valence electrons. The molecule has 4 N–H and O–H groups in total. The Kier molecular flexibility index (Phi) is 3.44. The molecule has 21 heavy (non-hydrogen) atoms. The number of halogens is 2. The molecule has 0 spiro atoms. The first-order valence-electron chi connectivity index (χ1n) is 6.19. The summed E-state index contributed by atoms with van der Waals surface area (Å²) >= 11 is 5.77. The van der Waals surface area contributed by atoms with Crippen LogP contribution in [0.3, 0.4) is 0 Å². The summed E-state index contributed by atoms with van der Waals surface area (Å²) in [6, 6.07) is 0. The van der Waals surface area contributed by atoms with Gasteiger partial charge in [0.25, 0.3) is 0 Å². The Bertz CT molecular complexity index is 677. The molecule has 0 radical (unpaired) electrons. The van der Waals surface area contributed by atoms with Gasteiger partial charge in [0.15, 0.2) is 11.5 Å². The van der Waals surface area contributed by atoms with Crippen LogP contribution in [0.15, 0.2) is 6.33 Å². The highest BCUT2D eigenvalue weighted by molar-refractivity contribution is 6.28. The van der Waals surface area contributed by atoms with Gasteiger partial charge in [-0.05, 0) is 11.6 Å². The lowest BCUT2D eigenvalue weighted by molar-refractivity contribution is -0.136. The highest BCUT2D eigenvalue weighted by Gasteiger charge is 2.49. The number of hydrogen-bond acceptors (Lipinski definition) is 7. The van der Waals surface area contributed by atoms with Gasteiger partial charge in [0.2, 0.25) is 5.28 Å². The summed E-state index contributed by atoms with van der Waals surface area (Å²) in [5.74, 6) is 0.112. The van der Waals surface area contributed by atoms with E-state index in [1.807, 2.05) is 0 Å². The molecule has 2 aromatic heterocycles. The molecule has 1 aliphatic heterocycles. The van der Waals surface area contributed by atoms with Crippen LogP contribution in [0.1, 0.15) is 12.6 Å². The van der Waals surface area contributed by atoms with Crippen LogP contribution < -0.4 is 5.73 Å². The van der Waals surface area contributed by atoms with Gasteiger partial charge in [-0.25, -0.2) is 9.37 Å². The largest absolute Gasteiger partial charge is 0.393 e. The van der Waals surface area contributed by atoms with Gasteiger partial charge in [-0.3, -0.25) is 4.57 Å². The maximum atomic E-state index is 13.1. The number of rotatable bonds is 3. The second-order valence-electron chi connectivity index (χ2n) is 4.88. The van der Waals surface area contributed by atoms with Crippen molar-refractivity contribution in [2.24, 2.45) is 0 Å². The molecule has 3 atom stereocenters. The first-order chi connectivity index (χ1) is 10.0. The van der Waals surface area contributed by atoms with Crippen molar-refractivity contribution < 1.29 is 19.3 Å². The van der Waals surface area contributed by atoms with E-state index >= 15 is 0 Å². The van der Waals surface area contributed by atoms with Crippen molar-refractivity contribution in [2.75, 3.05) is 19.0 Å². The van der Waals surface area contributed by atoms with E-state index in [0.29, 0.717) is 11.2 Å². The summed E-state index contributed by atoms with van der Waals surface area (Å²) in [6.45, 7) is -1.64. The monoisotopic (exact) mass is 317 g/mol. The van der Waals surface area contributed by atoms with E-state index in [-0.39, 0.29) is 17.5 Å². The zero-order valence-electron chi connectivity index (χ0n) is 10.8. The Hall–Kier alpha value is -1.55. The fraction of sp³-hybridized carbons (Fsp3) is 0.545. The standard InChI is InChI=1S/C11H13ClFN5O3/c12-10-16-8(14)7-9(17-10)18(4-15-7)6-1-5(20)11(2-13,3-19)21-6/h4-6,19-20H,1-3H2,(H2,14,16,17)/t5-,6+,11+/m0/s1. The highest BCUT2D eigenvalue weighted by atomic mass is 35.5. The van der Waals surface area contributed by atoms with Gasteiger partial charge in [0, 0.05) is 6.42 Å². The Morgan fingerprint density at radius 3 is 2.95 bits per heavy atom. The van der Waals surface area contributed by atoms with Crippen molar-refractivity contribution in [1.82, 2.24) is 19.5 Å². The number of aromatic nitrogens is 4. The quantitative estimate of drug-likeness (QED) is 0.684. The first kappa shape index (κ1) is 14.4. The zero-order valence-corrected chi connectivity index (χ0v) is 11.5. The SMILES string of the molecule is Nc1nc(Cl)nc2c1ncn2[C@H]1C[C@H](O)[C@](CO)(CF)O1. The lowest BCUT2D eigenvalue weighted by Crippen LogP contribution is -2.45. The van der Waals surface area contributed by atoms with E-state index in [1.54, 1.807) is 0 Å². The minimum absolute atomic E-state index is 0.0563. The lowest BCUT2D eigenvalue weighted by atomic mass is 10.00. The number of aliphatic hydroxyl groups is 2. The predicted molar refractivity (Wildman–Crippen MR) is 71.3 cm³/mol. The van der Waals surface area contributed by atoms with Gasteiger partial charge in [-0.1, -0.05) is 0 Å². The molecule has 1 saturated heterocycles. The van der Waals surface area contributed by atoms with Gasteiger partial charge in [-0.2, -0.15) is 9.97 Å². The minimum Gasteiger partial charge on any atom is -0.393 e. The third-order valence-electron chi connectivity index (χ3n) is 3.63. The van der Waals surface area contributed by atoms with E-state index in [4.69, 9.17) is 22.1 Å². The predicted octanol–water partition coefficient (Wildman–Crippen LogP) is 0.0423. The van der Waals surface area contributed by atoms with Crippen LogP contribution in [0.5, 0.6) is 0 Å². The van der Waals surface area contributed by atoms with Crippen LogP contribution in [0.25, 0.3) is 11.2 Å². The maximum Gasteiger partial charge on any atom is 0.226 e. The van der Waals surface area contributed by atoms with Crippen molar-refractivity contribution in [3.63, 3.8) is 0 Å². The maximum absolute atomic E-state index is 13.1. The molecule has 3 heterocycles. The normalized spacial score (nSPS) is 29.3. The molecule has 10 heteroatoms. The van der Waals surface area contributed by atoms with E-state index in [9.17, 15) is 14.6 Å². The van der Waals surface area contributed by atoms with E-state index in [0.717, 1.165) is 0 Å². The van der Waals surface area contributed by atoms with Gasteiger partial charge in [-0.15, -0.1) is 0 Å². The van der Waals surface area contributed by atoms with Crippen LogP contribution in [-0.4, -0.2) is 54.7 Å². The van der Waals surface area contributed by atoms with Crippen molar-refractivity contribution >= 4 is 28.6 Å². The Morgan fingerprint density at radius 2 is 2.33 bits per heavy atom. The minimum atomic E-state index is -1.64. The summed E-state index contributed by atoms with van der Waals surface area (Å²) in [7, 11) is 0. The summed E-state index contributed by atoms with van der Waals surface area (Å²) < 4.78 is 20.1. The van der Waals surface area contributed by atoms with E-state index in [2.05, 4.69) is 15.0 Å². The molecule has 0 aromatic carbocycles. The summed E-state index contributed by atoms with van der Waals surface area (Å²) in [5.41, 5.74) is 4.71. The number of alkyl halides is 1. The van der Waals surface area contributed by atoms with E-state index < -0.39 is 31.2 Å². The molecular weight excluding hydrogens is 305 g/mol. The molecule has 2 aromatic rings. The first-order valence-corrected chi connectivity index (χ1v) is 6.57. The van der Waals surface area contributed by atoms with Crippen LogP contribution in [-0.2, 0) is 4.74 Å². The molecule has 1 fully saturated rings. The number of aliphatic hydroxyl groups excluding tert-OH is 2. The van der Waals surface area contributed by atoms with Crippen molar-refractivity contribution in [2.45, 2.75) is 24.4 Å². The Morgan fingerprint density at radius 1 is 1.57 bits per heavy atom. The summed E-state index contributed by atoms with van der Waals surface area (Å²) in [5, 5.41) is 19.2. The fourth-order valence-electron chi connectivity index (χ4n) is 2.40. The number of fused-ring (bicyclic) bond motifs is 1. The molecule has 0 unspecified atom stereocenters. The van der Waals surface area contributed by atoms with Crippen molar-refractivity contribution in [1.29, 1.82) is 0 Å². The smallest absolute Gasteiger partial charge is 0.226 e. The van der Waals surface area contributed by atoms with Gasteiger partial charge in [0.05, 0.1) is 19.0 Å². The molecule has 8 nitrogen and oxygen atoms in total. The van der Waals surface area contributed by atoms with Crippen molar-refractivity contribution in [3.05, 3.63) is 11.6 Å². The number of nitrogens with zero attached hydrogens (tertiary/aromatic N) is 4. The molecule has 0 bridgehead atoms. The number of anilines is 1. The van der Waals surface area contributed by atoms with Crippen LogP contribution in [0, 0.1) is 0 Å². The molecule has 0 saturated carbocycles.